The summed E-state index contributed by atoms with van der Waals surface area (Å²) in [5, 5.41) is 0. The monoisotopic (exact) mass is 384 g/mol. The largest absolute Gasteiger partial charge is 0.416 e. The van der Waals surface area contributed by atoms with Crippen molar-refractivity contribution in [2.24, 2.45) is 5.73 Å². The molecule has 0 aliphatic carbocycles. The predicted octanol–water partition coefficient (Wildman–Crippen LogP) is 3.62. The second-order valence-electron chi connectivity index (χ2n) is 6.31. The smallest absolute Gasteiger partial charge is 0.340 e. The van der Waals surface area contributed by atoms with Gasteiger partial charge in [0.1, 0.15) is 0 Å². The lowest BCUT2D eigenvalue weighted by atomic mass is 9.95. The van der Waals surface area contributed by atoms with Gasteiger partial charge >= 0.3 is 6.18 Å². The van der Waals surface area contributed by atoms with Crippen molar-refractivity contribution in [3.63, 3.8) is 0 Å². The van der Waals surface area contributed by atoms with Gasteiger partial charge in [-0.3, -0.25) is 4.79 Å². The summed E-state index contributed by atoms with van der Waals surface area (Å²) >= 11 is 0. The minimum Gasteiger partial charge on any atom is -0.340 e. The fourth-order valence-electron chi connectivity index (χ4n) is 3.31. The summed E-state index contributed by atoms with van der Waals surface area (Å²) in [7, 11) is 0. The molecule has 1 amide bonds. The van der Waals surface area contributed by atoms with Gasteiger partial charge in [-0.05, 0) is 17.2 Å². The van der Waals surface area contributed by atoms with Crippen LogP contribution in [0, 0.1) is 0 Å². The van der Waals surface area contributed by atoms with Crippen molar-refractivity contribution in [3.8, 4) is 0 Å². The van der Waals surface area contributed by atoms with Gasteiger partial charge in [0.05, 0.1) is 12.0 Å². The Hall–Kier alpha value is -2.05. The molecule has 1 aliphatic rings. The van der Waals surface area contributed by atoms with Crippen molar-refractivity contribution in [3.05, 3.63) is 71.3 Å². The first-order chi connectivity index (χ1) is 11.9. The lowest BCUT2D eigenvalue weighted by Gasteiger charge is -2.18. The summed E-state index contributed by atoms with van der Waals surface area (Å²) < 4.78 is 39.2. The summed E-state index contributed by atoms with van der Waals surface area (Å²) in [5.41, 5.74) is 6.44. The van der Waals surface area contributed by atoms with Crippen LogP contribution in [0.2, 0.25) is 0 Å². The molecule has 7 heteroatoms. The first-order valence-corrected chi connectivity index (χ1v) is 8.09. The van der Waals surface area contributed by atoms with E-state index < -0.39 is 11.7 Å². The maximum Gasteiger partial charge on any atom is 0.416 e. The molecular formula is C19H20ClF3N2O. The molecule has 1 heterocycles. The Morgan fingerprint density at radius 3 is 2.31 bits per heavy atom. The number of carbonyl (C=O) groups is 1. The highest BCUT2D eigenvalue weighted by molar-refractivity contribution is 5.85. The first kappa shape index (κ1) is 20.3. The summed E-state index contributed by atoms with van der Waals surface area (Å²) in [6.45, 7) is 0.783. The number of hydrogen-bond acceptors (Lipinski definition) is 2. The maximum absolute atomic E-state index is 13.1. The van der Waals surface area contributed by atoms with Crippen LogP contribution in [-0.4, -0.2) is 29.9 Å². The van der Waals surface area contributed by atoms with Crippen molar-refractivity contribution in [1.82, 2.24) is 4.90 Å². The molecule has 0 aromatic heterocycles. The molecule has 2 atom stereocenters. The van der Waals surface area contributed by atoms with Gasteiger partial charge in [-0.1, -0.05) is 48.5 Å². The highest BCUT2D eigenvalue weighted by Crippen LogP contribution is 2.33. The van der Waals surface area contributed by atoms with Gasteiger partial charge in [-0.15, -0.1) is 12.4 Å². The third kappa shape index (κ3) is 4.37. The van der Waals surface area contributed by atoms with Crippen LogP contribution in [0.3, 0.4) is 0 Å². The van der Waals surface area contributed by atoms with Crippen LogP contribution in [0.15, 0.2) is 54.6 Å². The van der Waals surface area contributed by atoms with Gasteiger partial charge in [0, 0.05) is 25.0 Å². The quantitative estimate of drug-likeness (QED) is 0.878. The van der Waals surface area contributed by atoms with Crippen LogP contribution in [-0.2, 0) is 17.4 Å². The second-order valence-corrected chi connectivity index (χ2v) is 6.31. The average molecular weight is 385 g/mol. The molecule has 0 bridgehead atoms. The zero-order valence-corrected chi connectivity index (χ0v) is 14.8. The molecule has 3 nitrogen and oxygen atoms in total. The Bertz CT molecular complexity index is 752. The van der Waals surface area contributed by atoms with Gasteiger partial charge in [-0.2, -0.15) is 13.2 Å². The number of hydrogen-bond donors (Lipinski definition) is 1. The van der Waals surface area contributed by atoms with E-state index in [2.05, 4.69) is 0 Å². The SMILES string of the molecule is Cl.N[C@@H]1CN(C(=O)Cc2ccccc2C(F)(F)F)C[C@H]1c1ccccc1. The molecule has 26 heavy (non-hydrogen) atoms. The Morgan fingerprint density at radius 1 is 1.04 bits per heavy atom. The third-order valence-corrected chi connectivity index (χ3v) is 4.61. The van der Waals surface area contributed by atoms with Crippen molar-refractivity contribution in [1.29, 1.82) is 0 Å². The molecule has 1 fully saturated rings. The molecule has 3 rings (SSSR count). The van der Waals surface area contributed by atoms with Gasteiger partial charge < -0.3 is 10.6 Å². The van der Waals surface area contributed by atoms with Gasteiger partial charge in [0.2, 0.25) is 5.91 Å². The number of nitrogens with two attached hydrogens (primary N) is 1. The van der Waals surface area contributed by atoms with Crippen LogP contribution in [0.25, 0.3) is 0 Å². The maximum atomic E-state index is 13.1. The minimum atomic E-state index is -4.47. The van der Waals surface area contributed by atoms with Crippen molar-refractivity contribution in [2.45, 2.75) is 24.6 Å². The fourth-order valence-corrected chi connectivity index (χ4v) is 3.31. The zero-order valence-electron chi connectivity index (χ0n) is 13.9. The van der Waals surface area contributed by atoms with E-state index in [0.717, 1.165) is 11.6 Å². The topological polar surface area (TPSA) is 46.3 Å². The number of benzene rings is 2. The van der Waals surface area contributed by atoms with Crippen LogP contribution < -0.4 is 5.73 Å². The van der Waals surface area contributed by atoms with E-state index >= 15 is 0 Å². The number of rotatable bonds is 3. The molecule has 1 aliphatic heterocycles. The lowest BCUT2D eigenvalue weighted by molar-refractivity contribution is -0.138. The molecule has 0 unspecified atom stereocenters. The van der Waals surface area contributed by atoms with Crippen LogP contribution in [0.4, 0.5) is 13.2 Å². The molecule has 2 N–H and O–H groups in total. The minimum absolute atomic E-state index is 0. The number of nitrogens with zero attached hydrogens (tertiary/aromatic N) is 1. The molecule has 2 aromatic carbocycles. The van der Waals surface area contributed by atoms with E-state index in [1.54, 1.807) is 4.90 Å². The molecule has 2 aromatic rings. The average Bonchev–Trinajstić information content (AvgIpc) is 2.97. The highest BCUT2D eigenvalue weighted by atomic mass is 35.5. The Morgan fingerprint density at radius 2 is 1.65 bits per heavy atom. The fraction of sp³-hybridized carbons (Fsp3) is 0.316. The molecule has 140 valence electrons. The lowest BCUT2D eigenvalue weighted by Crippen LogP contribution is -2.33. The van der Waals surface area contributed by atoms with E-state index in [4.69, 9.17) is 5.73 Å². The number of halogens is 4. The van der Waals surface area contributed by atoms with E-state index in [0.29, 0.717) is 13.1 Å². The summed E-state index contributed by atoms with van der Waals surface area (Å²) in [4.78, 5) is 14.1. The van der Waals surface area contributed by atoms with Crippen LogP contribution in [0.5, 0.6) is 0 Å². The summed E-state index contributed by atoms with van der Waals surface area (Å²) in [5.74, 6) is -0.325. The molecular weight excluding hydrogens is 365 g/mol. The van der Waals surface area contributed by atoms with E-state index in [-0.39, 0.29) is 42.3 Å². The number of likely N-dealkylation sites (tertiary alicyclic amines) is 1. The summed E-state index contributed by atoms with van der Waals surface area (Å²) in [6, 6.07) is 14.6. The molecule has 0 saturated carbocycles. The number of carbonyl (C=O) groups excluding carboxylic acids is 1. The van der Waals surface area contributed by atoms with E-state index in [1.165, 1.54) is 18.2 Å². The standard InChI is InChI=1S/C19H19F3N2O.ClH/c20-19(21,22)16-9-5-4-8-14(16)10-18(25)24-11-15(17(23)12-24)13-6-2-1-3-7-13;/h1-9,15,17H,10-12,23H2;1H/t15-,17+;/m0./s1. The zero-order chi connectivity index (χ0) is 18.0. The molecule has 0 radical (unpaired) electrons. The van der Waals surface area contributed by atoms with E-state index in [9.17, 15) is 18.0 Å². The van der Waals surface area contributed by atoms with Gasteiger partial charge in [0.15, 0.2) is 0 Å². The second kappa shape index (κ2) is 8.10. The first-order valence-electron chi connectivity index (χ1n) is 8.09. The van der Waals surface area contributed by atoms with Crippen molar-refractivity contribution < 1.29 is 18.0 Å². The van der Waals surface area contributed by atoms with Gasteiger partial charge in [0.25, 0.3) is 0 Å². The van der Waals surface area contributed by atoms with E-state index in [1.807, 2.05) is 30.3 Å². The molecule has 1 saturated heterocycles. The predicted molar refractivity (Wildman–Crippen MR) is 96.1 cm³/mol. The Balaban J connectivity index is 0.00000243. The van der Waals surface area contributed by atoms with Crippen LogP contribution in [0.1, 0.15) is 22.6 Å². The number of amides is 1. The van der Waals surface area contributed by atoms with Gasteiger partial charge in [-0.25, -0.2) is 0 Å². The van der Waals surface area contributed by atoms with Crippen molar-refractivity contribution >= 4 is 18.3 Å². The van der Waals surface area contributed by atoms with Crippen LogP contribution >= 0.6 is 12.4 Å². The Labute approximate surface area is 156 Å². The summed E-state index contributed by atoms with van der Waals surface area (Å²) in [6.07, 6.45) is -4.74. The number of alkyl halides is 3. The highest BCUT2D eigenvalue weighted by Gasteiger charge is 2.36. The third-order valence-electron chi connectivity index (χ3n) is 4.61. The Kier molecular flexibility index (Phi) is 6.31. The molecule has 0 spiro atoms. The normalized spacial score (nSPS) is 19.9. The van der Waals surface area contributed by atoms with Crippen molar-refractivity contribution in [2.75, 3.05) is 13.1 Å².